The quantitative estimate of drug-likeness (QED) is 0.704. The number of nitrogens with zero attached hydrogens (tertiary/aromatic N) is 1. The van der Waals surface area contributed by atoms with E-state index in [4.69, 9.17) is 9.47 Å². The van der Waals surface area contributed by atoms with Crippen molar-refractivity contribution in [2.24, 2.45) is 5.92 Å². The van der Waals surface area contributed by atoms with E-state index in [1.807, 2.05) is 44.2 Å². The number of nitrogens with one attached hydrogen (secondary N) is 1. The lowest BCUT2D eigenvalue weighted by atomic mass is 10.0. The molecule has 0 saturated carbocycles. The fraction of sp³-hybridized carbons (Fsp3) is 0.619. The van der Waals surface area contributed by atoms with E-state index in [1.54, 1.807) is 32.6 Å². The summed E-state index contributed by atoms with van der Waals surface area (Å²) >= 11 is 0. The molecule has 0 radical (unpaired) electrons. The van der Waals surface area contributed by atoms with Crippen LogP contribution >= 0.6 is 0 Å². The molecule has 1 aromatic carbocycles. The molecule has 0 spiro atoms. The average molecular weight is 395 g/mol. The van der Waals surface area contributed by atoms with Gasteiger partial charge >= 0.3 is 12.2 Å². The Hall–Kier alpha value is -2.28. The molecular weight excluding hydrogens is 360 g/mol. The highest BCUT2D eigenvalue weighted by Gasteiger charge is 2.28. The zero-order valence-corrected chi connectivity index (χ0v) is 17.8. The maximum absolute atomic E-state index is 12.6. The van der Waals surface area contributed by atoms with Crippen LogP contribution in [0.3, 0.4) is 0 Å². The van der Waals surface area contributed by atoms with Crippen molar-refractivity contribution in [3.63, 3.8) is 0 Å². The monoisotopic (exact) mass is 394 g/mol. The maximum atomic E-state index is 12.6. The van der Waals surface area contributed by atoms with Gasteiger partial charge in [-0.25, -0.2) is 9.59 Å². The van der Waals surface area contributed by atoms with Gasteiger partial charge in [0.05, 0.1) is 0 Å². The van der Waals surface area contributed by atoms with Crippen LogP contribution in [0.1, 0.15) is 47.1 Å². The molecule has 28 heavy (non-hydrogen) atoms. The van der Waals surface area contributed by atoms with Gasteiger partial charge < -0.3 is 24.8 Å². The summed E-state index contributed by atoms with van der Waals surface area (Å²) in [6.07, 6.45) is -1.01. The fourth-order valence-corrected chi connectivity index (χ4v) is 2.54. The van der Waals surface area contributed by atoms with Gasteiger partial charge in [-0.15, -0.1) is 0 Å². The summed E-state index contributed by atoms with van der Waals surface area (Å²) in [4.78, 5) is 26.1. The molecule has 0 heterocycles. The summed E-state index contributed by atoms with van der Waals surface area (Å²) in [5, 5.41) is 12.5. The Morgan fingerprint density at radius 1 is 1.14 bits per heavy atom. The zero-order valence-electron chi connectivity index (χ0n) is 17.8. The highest BCUT2D eigenvalue weighted by Crippen LogP contribution is 2.13. The van der Waals surface area contributed by atoms with Crippen molar-refractivity contribution < 1.29 is 24.2 Å². The molecule has 0 bridgehead atoms. The van der Waals surface area contributed by atoms with Gasteiger partial charge in [-0.2, -0.15) is 0 Å². The third-order valence-electron chi connectivity index (χ3n) is 4.18. The molecule has 2 atom stereocenters. The first-order chi connectivity index (χ1) is 13.0. The molecule has 0 aliphatic rings. The number of benzene rings is 1. The van der Waals surface area contributed by atoms with Crippen molar-refractivity contribution in [1.29, 1.82) is 0 Å². The average Bonchev–Trinajstić information content (AvgIpc) is 2.59. The van der Waals surface area contributed by atoms with Gasteiger partial charge in [0.1, 0.15) is 12.2 Å². The van der Waals surface area contributed by atoms with E-state index in [1.165, 1.54) is 0 Å². The molecule has 0 aliphatic carbocycles. The largest absolute Gasteiger partial charge is 0.445 e. The molecule has 1 unspecified atom stereocenters. The molecule has 7 heteroatoms. The summed E-state index contributed by atoms with van der Waals surface area (Å²) < 4.78 is 10.7. The summed E-state index contributed by atoms with van der Waals surface area (Å²) in [5.74, 6) is -0.362. The molecule has 2 N–H and O–H groups in total. The molecule has 158 valence electrons. The number of carbonyl (C=O) groups excluding carboxylic acids is 2. The minimum atomic E-state index is -0.607. The molecule has 0 aromatic heterocycles. The van der Waals surface area contributed by atoms with Crippen molar-refractivity contribution in [1.82, 2.24) is 10.2 Å². The summed E-state index contributed by atoms with van der Waals surface area (Å²) in [7, 11) is 0. The van der Waals surface area contributed by atoms with Gasteiger partial charge in [0.2, 0.25) is 0 Å². The predicted molar refractivity (Wildman–Crippen MR) is 108 cm³/mol. The molecule has 1 rings (SSSR count). The summed E-state index contributed by atoms with van der Waals surface area (Å²) in [5.41, 5.74) is 0.294. The van der Waals surface area contributed by atoms with Crippen molar-refractivity contribution in [2.45, 2.75) is 65.8 Å². The molecule has 7 nitrogen and oxygen atoms in total. The molecule has 0 saturated heterocycles. The number of alkyl carbamates (subject to hydrolysis) is 1. The first kappa shape index (κ1) is 23.8. The maximum Gasteiger partial charge on any atom is 0.410 e. The number of hydrogen-bond acceptors (Lipinski definition) is 5. The highest BCUT2D eigenvalue weighted by atomic mass is 16.6. The number of carbonyl (C=O) groups is 2. The Bertz CT molecular complexity index is 613. The Morgan fingerprint density at radius 3 is 2.25 bits per heavy atom. The summed E-state index contributed by atoms with van der Waals surface area (Å²) in [6, 6.07) is 8.93. The van der Waals surface area contributed by atoms with Crippen molar-refractivity contribution >= 4 is 12.2 Å². The second-order valence-electron chi connectivity index (χ2n) is 8.16. The lowest BCUT2D eigenvalue weighted by molar-refractivity contribution is 0.0441. The first-order valence-corrected chi connectivity index (χ1v) is 9.61. The SMILES string of the molecule is CC(C)N(CC(CO)[C@@H](C)NC(=O)OC(C)(C)C)C(=O)OCc1ccccc1. The number of rotatable bonds is 8. The number of aliphatic hydroxyl groups excluding tert-OH is 1. The standard InChI is InChI=1S/C21H34N2O5/c1-15(2)23(20(26)27-14-17-10-8-7-9-11-17)12-18(13-24)16(3)22-19(25)28-21(4,5)6/h7-11,15-16,18,24H,12-14H2,1-6H3,(H,22,25)/t16-,18?/m1/s1. The Balaban J connectivity index is 2.67. The van der Waals surface area contributed by atoms with E-state index in [0.29, 0.717) is 0 Å². The molecule has 0 aliphatic heterocycles. The van der Waals surface area contributed by atoms with Gasteiger partial charge in [-0.3, -0.25) is 0 Å². The van der Waals surface area contributed by atoms with E-state index in [9.17, 15) is 14.7 Å². The van der Waals surface area contributed by atoms with Gasteiger partial charge in [0, 0.05) is 31.2 Å². The molecular formula is C21H34N2O5. The smallest absolute Gasteiger partial charge is 0.410 e. The van der Waals surface area contributed by atoms with Crippen molar-refractivity contribution in [3.05, 3.63) is 35.9 Å². The third-order valence-corrected chi connectivity index (χ3v) is 4.18. The second-order valence-corrected chi connectivity index (χ2v) is 8.16. The second kappa shape index (κ2) is 10.9. The van der Waals surface area contributed by atoms with E-state index < -0.39 is 17.8 Å². The first-order valence-electron chi connectivity index (χ1n) is 9.61. The minimum Gasteiger partial charge on any atom is -0.445 e. The number of hydrogen-bond donors (Lipinski definition) is 2. The van der Waals surface area contributed by atoms with E-state index in [-0.39, 0.29) is 37.8 Å². The normalized spacial score (nSPS) is 13.6. The van der Waals surface area contributed by atoms with E-state index >= 15 is 0 Å². The fourth-order valence-electron chi connectivity index (χ4n) is 2.54. The Labute approximate surface area is 168 Å². The van der Waals surface area contributed by atoms with Crippen LogP contribution in [0.25, 0.3) is 0 Å². The van der Waals surface area contributed by atoms with Gasteiger partial charge in [0.15, 0.2) is 0 Å². The summed E-state index contributed by atoms with van der Waals surface area (Å²) in [6.45, 7) is 11.1. The van der Waals surface area contributed by atoms with Crippen molar-refractivity contribution in [2.75, 3.05) is 13.2 Å². The van der Waals surface area contributed by atoms with Crippen LogP contribution in [0.4, 0.5) is 9.59 Å². The van der Waals surface area contributed by atoms with E-state index in [0.717, 1.165) is 5.56 Å². The van der Waals surface area contributed by atoms with Crippen LogP contribution in [-0.4, -0.2) is 53.0 Å². The number of ether oxygens (including phenoxy) is 2. The van der Waals surface area contributed by atoms with Crippen LogP contribution in [0.15, 0.2) is 30.3 Å². The third kappa shape index (κ3) is 8.61. The lowest BCUT2D eigenvalue weighted by Gasteiger charge is -2.32. The Morgan fingerprint density at radius 2 is 1.75 bits per heavy atom. The van der Waals surface area contributed by atoms with Crippen LogP contribution in [0.5, 0.6) is 0 Å². The minimum absolute atomic E-state index is 0.119. The molecule has 1 aromatic rings. The van der Waals surface area contributed by atoms with Crippen LogP contribution in [-0.2, 0) is 16.1 Å². The Kier molecular flexibility index (Phi) is 9.25. The van der Waals surface area contributed by atoms with Gasteiger partial charge in [0.25, 0.3) is 0 Å². The number of amides is 2. The number of aliphatic hydroxyl groups is 1. The zero-order chi connectivity index (χ0) is 21.3. The molecule has 0 fully saturated rings. The van der Waals surface area contributed by atoms with Crippen LogP contribution in [0.2, 0.25) is 0 Å². The van der Waals surface area contributed by atoms with Gasteiger partial charge in [-0.05, 0) is 47.1 Å². The van der Waals surface area contributed by atoms with Crippen LogP contribution in [0, 0.1) is 5.92 Å². The van der Waals surface area contributed by atoms with Crippen molar-refractivity contribution in [3.8, 4) is 0 Å². The van der Waals surface area contributed by atoms with Crippen LogP contribution < -0.4 is 5.32 Å². The van der Waals surface area contributed by atoms with E-state index in [2.05, 4.69) is 5.32 Å². The predicted octanol–water partition coefficient (Wildman–Crippen LogP) is 3.56. The lowest BCUT2D eigenvalue weighted by Crippen LogP contribution is -2.49. The molecule has 2 amide bonds. The van der Waals surface area contributed by atoms with Gasteiger partial charge in [-0.1, -0.05) is 30.3 Å². The topological polar surface area (TPSA) is 88.1 Å². The highest BCUT2D eigenvalue weighted by molar-refractivity contribution is 5.69.